The number of amides is 1. The van der Waals surface area contributed by atoms with E-state index in [9.17, 15) is 9.59 Å². The predicted octanol–water partition coefficient (Wildman–Crippen LogP) is 2.78. The van der Waals surface area contributed by atoms with E-state index in [1.54, 1.807) is 11.0 Å². The van der Waals surface area contributed by atoms with Gasteiger partial charge in [0.1, 0.15) is 4.88 Å². The van der Waals surface area contributed by atoms with Crippen molar-refractivity contribution in [3.63, 3.8) is 0 Å². The smallest absolute Gasteiger partial charge is 0.343 e. The molecule has 2 aromatic rings. The molecular weight excluding hydrogens is 436 g/mol. The lowest BCUT2D eigenvalue weighted by molar-refractivity contribution is -0.142. The fourth-order valence-electron chi connectivity index (χ4n) is 2.63. The zero-order chi connectivity index (χ0) is 19.4. The van der Waals surface area contributed by atoms with Gasteiger partial charge in [-0.15, -0.1) is 11.3 Å². The van der Waals surface area contributed by atoms with Crippen molar-refractivity contribution < 1.29 is 23.8 Å². The van der Waals surface area contributed by atoms with Crippen LogP contribution in [0, 0.1) is 0 Å². The first-order chi connectivity index (χ1) is 13.0. The van der Waals surface area contributed by atoms with Crippen LogP contribution in [0.3, 0.4) is 0 Å². The number of carbonyl (C=O) groups excluding carboxylic acids is 2. The largest absolute Gasteiger partial charge is 0.479 e. The second kappa shape index (κ2) is 8.73. The van der Waals surface area contributed by atoms with E-state index in [2.05, 4.69) is 20.7 Å². The second-order valence-corrected chi connectivity index (χ2v) is 7.61. The van der Waals surface area contributed by atoms with Gasteiger partial charge in [0.2, 0.25) is 0 Å². The number of nitrogens with two attached hydrogens (primary N) is 1. The molecule has 27 heavy (non-hydrogen) atoms. The molecule has 0 unspecified atom stereocenters. The highest BCUT2D eigenvalue weighted by molar-refractivity contribution is 9.10. The molecule has 7 nitrogen and oxygen atoms in total. The third-order valence-electron chi connectivity index (χ3n) is 4.01. The van der Waals surface area contributed by atoms with E-state index in [0.717, 1.165) is 10.4 Å². The van der Waals surface area contributed by atoms with Crippen molar-refractivity contribution in [2.24, 2.45) is 0 Å². The molecule has 1 amide bonds. The first-order valence-corrected chi connectivity index (χ1v) is 9.87. The average molecular weight is 455 g/mol. The number of hydrogen-bond donors (Lipinski definition) is 1. The van der Waals surface area contributed by atoms with E-state index < -0.39 is 5.97 Å². The van der Waals surface area contributed by atoms with Gasteiger partial charge in [0.25, 0.3) is 5.91 Å². The molecule has 0 saturated carbocycles. The summed E-state index contributed by atoms with van der Waals surface area (Å²) in [5, 5.41) is 0. The Balaban J connectivity index is 1.99. The topological polar surface area (TPSA) is 91.1 Å². The summed E-state index contributed by atoms with van der Waals surface area (Å²) in [7, 11) is 1.28. The monoisotopic (exact) mass is 454 g/mol. The maximum absolute atomic E-state index is 13.0. The predicted molar refractivity (Wildman–Crippen MR) is 106 cm³/mol. The minimum Gasteiger partial charge on any atom is -0.479 e. The van der Waals surface area contributed by atoms with E-state index in [1.807, 2.05) is 18.2 Å². The highest BCUT2D eigenvalue weighted by atomic mass is 79.9. The molecule has 0 bridgehead atoms. The number of halogens is 1. The van der Waals surface area contributed by atoms with Gasteiger partial charge < -0.3 is 24.8 Å². The van der Waals surface area contributed by atoms with Crippen molar-refractivity contribution in [2.75, 3.05) is 45.8 Å². The number of morpholine rings is 1. The zero-order valence-electron chi connectivity index (χ0n) is 14.7. The fraction of sp³-hybridized carbons (Fsp3) is 0.333. The quantitative estimate of drug-likeness (QED) is 0.551. The number of esters is 1. The molecule has 1 fully saturated rings. The number of nitrogen functional groups attached to an aromatic ring is 1. The summed E-state index contributed by atoms with van der Waals surface area (Å²) in [6, 6.07) is 7.36. The summed E-state index contributed by atoms with van der Waals surface area (Å²) in [5.74, 6) is -0.346. The van der Waals surface area contributed by atoms with Crippen LogP contribution in [0.2, 0.25) is 0 Å². The Morgan fingerprint density at radius 1 is 1.33 bits per heavy atom. The highest BCUT2D eigenvalue weighted by Crippen LogP contribution is 2.46. The number of rotatable bonds is 5. The molecular formula is C18H19BrN2O5S. The molecule has 2 heterocycles. The Hall–Kier alpha value is -2.10. The van der Waals surface area contributed by atoms with Gasteiger partial charge in [-0.1, -0.05) is 12.1 Å². The molecule has 9 heteroatoms. The van der Waals surface area contributed by atoms with Crippen LogP contribution < -0.4 is 10.5 Å². The van der Waals surface area contributed by atoms with Crippen LogP contribution in [0.4, 0.5) is 5.69 Å². The molecule has 3 rings (SSSR count). The Morgan fingerprint density at radius 3 is 2.74 bits per heavy atom. The minimum atomic E-state index is -0.525. The standard InChI is InChI=1S/C18H19BrN2O5S/c1-24-13(22)10-26-15-14(19)16(11-3-2-4-12(20)9-11)27-17(15)18(23)21-5-7-25-8-6-21/h2-4,9H,5-8,10,20H2,1H3. The van der Waals surface area contributed by atoms with Crippen LogP contribution in [-0.2, 0) is 14.3 Å². The summed E-state index contributed by atoms with van der Waals surface area (Å²) < 4.78 is 16.2. The molecule has 144 valence electrons. The summed E-state index contributed by atoms with van der Waals surface area (Å²) in [6.07, 6.45) is 0. The molecule has 1 aliphatic rings. The zero-order valence-corrected chi connectivity index (χ0v) is 17.1. The average Bonchev–Trinajstić information content (AvgIpc) is 3.02. The van der Waals surface area contributed by atoms with Crippen LogP contribution in [0.5, 0.6) is 5.75 Å². The molecule has 0 atom stereocenters. The highest BCUT2D eigenvalue weighted by Gasteiger charge is 2.28. The lowest BCUT2D eigenvalue weighted by Gasteiger charge is -2.26. The molecule has 1 aromatic carbocycles. The lowest BCUT2D eigenvalue weighted by Crippen LogP contribution is -2.40. The van der Waals surface area contributed by atoms with Gasteiger partial charge in [-0.3, -0.25) is 4.79 Å². The maximum atomic E-state index is 13.0. The van der Waals surface area contributed by atoms with Gasteiger partial charge in [0.15, 0.2) is 12.4 Å². The number of carbonyl (C=O) groups is 2. The number of anilines is 1. The first kappa shape index (κ1) is 19.7. The van der Waals surface area contributed by atoms with E-state index in [4.69, 9.17) is 15.2 Å². The fourth-order valence-corrected chi connectivity index (χ4v) is 4.65. The number of methoxy groups -OCH3 is 1. The Bertz CT molecular complexity index is 848. The molecule has 0 spiro atoms. The summed E-state index contributed by atoms with van der Waals surface area (Å²) in [5.41, 5.74) is 7.37. The van der Waals surface area contributed by atoms with Crippen LogP contribution in [0.15, 0.2) is 28.7 Å². The summed E-state index contributed by atoms with van der Waals surface area (Å²) in [6.45, 7) is 1.74. The third-order valence-corrected chi connectivity index (χ3v) is 6.24. The molecule has 0 aliphatic carbocycles. The van der Waals surface area contributed by atoms with E-state index >= 15 is 0 Å². The number of thiophene rings is 1. The summed E-state index contributed by atoms with van der Waals surface area (Å²) >= 11 is 4.82. The van der Waals surface area contributed by atoms with Crippen LogP contribution in [0.1, 0.15) is 9.67 Å². The van der Waals surface area contributed by atoms with E-state index in [-0.39, 0.29) is 12.5 Å². The van der Waals surface area contributed by atoms with Crippen molar-refractivity contribution in [1.82, 2.24) is 4.90 Å². The molecule has 0 radical (unpaired) electrons. The van der Waals surface area contributed by atoms with Gasteiger partial charge >= 0.3 is 5.97 Å². The van der Waals surface area contributed by atoms with Crippen LogP contribution in [-0.4, -0.2) is 56.8 Å². The lowest BCUT2D eigenvalue weighted by atomic mass is 10.1. The van der Waals surface area contributed by atoms with E-state index in [0.29, 0.717) is 47.1 Å². The molecule has 1 aliphatic heterocycles. The summed E-state index contributed by atoms with van der Waals surface area (Å²) in [4.78, 5) is 27.5. The Labute approximate surface area is 169 Å². The van der Waals surface area contributed by atoms with Gasteiger partial charge in [-0.05, 0) is 33.6 Å². The molecule has 1 aromatic heterocycles. The minimum absolute atomic E-state index is 0.154. The van der Waals surface area contributed by atoms with Crippen molar-refractivity contribution >= 4 is 44.8 Å². The van der Waals surface area contributed by atoms with Gasteiger partial charge in [-0.25, -0.2) is 4.79 Å². The Kier molecular flexibility index (Phi) is 6.35. The molecule has 2 N–H and O–H groups in total. The SMILES string of the molecule is COC(=O)COc1c(C(=O)N2CCOCC2)sc(-c2cccc(N)c2)c1Br. The normalized spacial score (nSPS) is 14.1. The maximum Gasteiger partial charge on any atom is 0.343 e. The first-order valence-electron chi connectivity index (χ1n) is 8.26. The number of hydrogen-bond acceptors (Lipinski definition) is 7. The van der Waals surface area contributed by atoms with E-state index in [1.165, 1.54) is 18.4 Å². The third kappa shape index (κ3) is 4.42. The van der Waals surface area contributed by atoms with Gasteiger partial charge in [0.05, 0.1) is 29.7 Å². The number of benzene rings is 1. The van der Waals surface area contributed by atoms with Crippen molar-refractivity contribution in [3.8, 4) is 16.2 Å². The Morgan fingerprint density at radius 2 is 2.07 bits per heavy atom. The molecule has 1 saturated heterocycles. The van der Waals surface area contributed by atoms with Crippen molar-refractivity contribution in [3.05, 3.63) is 33.6 Å². The number of nitrogens with zero attached hydrogens (tertiary/aromatic N) is 1. The van der Waals surface area contributed by atoms with Gasteiger partial charge in [0, 0.05) is 18.8 Å². The number of ether oxygens (including phenoxy) is 3. The van der Waals surface area contributed by atoms with Crippen LogP contribution in [0.25, 0.3) is 10.4 Å². The van der Waals surface area contributed by atoms with Gasteiger partial charge in [-0.2, -0.15) is 0 Å². The van der Waals surface area contributed by atoms with Crippen LogP contribution >= 0.6 is 27.3 Å². The van der Waals surface area contributed by atoms with Crippen molar-refractivity contribution in [1.29, 1.82) is 0 Å². The second-order valence-electron chi connectivity index (χ2n) is 5.80. The van der Waals surface area contributed by atoms with Crippen molar-refractivity contribution in [2.45, 2.75) is 0 Å².